The average molecular weight is 565 g/mol. The second-order valence-corrected chi connectivity index (χ2v) is 13.1. The minimum absolute atomic E-state index is 0.0555. The van der Waals surface area contributed by atoms with Gasteiger partial charge in [0, 0.05) is 6.42 Å². The Hall–Kier alpha value is -0.530. The van der Waals surface area contributed by atoms with Crippen LogP contribution in [0.1, 0.15) is 226 Å². The van der Waals surface area contributed by atoms with Crippen LogP contribution >= 0.6 is 0 Å². The first-order valence-corrected chi connectivity index (χ1v) is 18.9. The van der Waals surface area contributed by atoms with Crippen LogP contribution in [0.15, 0.2) is 0 Å². The molecule has 0 aliphatic carbocycles. The molecule has 0 aromatic heterocycles. The van der Waals surface area contributed by atoms with Crippen molar-refractivity contribution in [1.29, 1.82) is 0 Å². The van der Waals surface area contributed by atoms with Gasteiger partial charge in [-0.1, -0.05) is 201 Å². The van der Waals surface area contributed by atoms with Crippen molar-refractivity contribution in [2.45, 2.75) is 226 Å². The van der Waals surface area contributed by atoms with Crippen LogP contribution in [0.5, 0.6) is 0 Å². The van der Waals surface area contributed by atoms with Crippen molar-refractivity contribution in [3.63, 3.8) is 0 Å². The van der Waals surface area contributed by atoms with E-state index < -0.39 is 0 Å². The predicted molar refractivity (Wildman–Crippen MR) is 179 cm³/mol. The molecule has 1 unspecified atom stereocenters. The summed E-state index contributed by atoms with van der Waals surface area (Å²) in [4.78, 5) is 12.4. The number of carbonyl (C=O) groups excluding carboxylic acids is 1. The van der Waals surface area contributed by atoms with Crippen molar-refractivity contribution in [3.05, 3.63) is 0 Å². The van der Waals surface area contributed by atoms with E-state index in [0.29, 0.717) is 18.9 Å². The summed E-state index contributed by atoms with van der Waals surface area (Å²) >= 11 is 0. The summed E-state index contributed by atoms with van der Waals surface area (Å²) in [6, 6.07) is 0. The van der Waals surface area contributed by atoms with E-state index in [9.17, 15) is 4.79 Å². The van der Waals surface area contributed by atoms with E-state index in [1.807, 2.05) is 0 Å². The molecule has 0 spiro atoms. The van der Waals surface area contributed by atoms with Crippen molar-refractivity contribution >= 4 is 5.97 Å². The molecule has 0 bridgehead atoms. The Labute approximate surface area is 254 Å². The van der Waals surface area contributed by atoms with E-state index in [-0.39, 0.29) is 5.97 Å². The van der Waals surface area contributed by atoms with Gasteiger partial charge in [-0.3, -0.25) is 4.79 Å². The number of esters is 1. The molecule has 0 radical (unpaired) electrons. The first-order valence-electron chi connectivity index (χ1n) is 18.9. The Kier molecular flexibility index (Phi) is 34.2. The number of carbonyl (C=O) groups is 1. The summed E-state index contributed by atoms with van der Waals surface area (Å²) in [6.07, 6.45) is 42.6. The number of hydrogen-bond acceptors (Lipinski definition) is 2. The zero-order chi connectivity index (χ0) is 29.2. The van der Waals surface area contributed by atoms with Crippen molar-refractivity contribution in [1.82, 2.24) is 0 Å². The second kappa shape index (κ2) is 34.7. The van der Waals surface area contributed by atoms with E-state index in [2.05, 4.69) is 20.8 Å². The van der Waals surface area contributed by atoms with Crippen LogP contribution in [0.25, 0.3) is 0 Å². The van der Waals surface area contributed by atoms with E-state index in [0.717, 1.165) is 6.42 Å². The first-order chi connectivity index (χ1) is 19.7. The van der Waals surface area contributed by atoms with Gasteiger partial charge in [0.25, 0.3) is 0 Å². The van der Waals surface area contributed by atoms with Crippen LogP contribution in [0.4, 0.5) is 0 Å². The maximum absolute atomic E-state index is 12.4. The van der Waals surface area contributed by atoms with Gasteiger partial charge in [0.1, 0.15) is 0 Å². The average Bonchev–Trinajstić information content (AvgIpc) is 2.96. The summed E-state index contributed by atoms with van der Waals surface area (Å²) in [6.45, 7) is 7.54. The Morgan fingerprint density at radius 3 is 1.00 bits per heavy atom. The maximum Gasteiger partial charge on any atom is 0.305 e. The lowest BCUT2D eigenvalue weighted by molar-refractivity contribution is -0.145. The molecule has 0 saturated carbocycles. The zero-order valence-corrected chi connectivity index (χ0v) is 28.2. The summed E-state index contributed by atoms with van der Waals surface area (Å²) in [7, 11) is 0. The van der Waals surface area contributed by atoms with Crippen LogP contribution < -0.4 is 0 Å². The molecule has 0 aromatic rings. The topological polar surface area (TPSA) is 26.3 Å². The Bertz CT molecular complexity index is 474. The van der Waals surface area contributed by atoms with Gasteiger partial charge in [-0.15, -0.1) is 0 Å². The Morgan fingerprint density at radius 1 is 0.400 bits per heavy atom. The maximum atomic E-state index is 12.4. The van der Waals surface area contributed by atoms with Gasteiger partial charge >= 0.3 is 5.97 Å². The van der Waals surface area contributed by atoms with Crippen molar-refractivity contribution < 1.29 is 9.53 Å². The quantitative estimate of drug-likeness (QED) is 0.0574. The molecule has 40 heavy (non-hydrogen) atoms. The minimum atomic E-state index is 0.0555. The molecule has 1 atom stereocenters. The third-order valence-electron chi connectivity index (χ3n) is 8.90. The van der Waals surface area contributed by atoms with Gasteiger partial charge in [-0.25, -0.2) is 0 Å². The van der Waals surface area contributed by atoms with Crippen LogP contribution in [0.2, 0.25) is 0 Å². The lowest BCUT2D eigenvalue weighted by atomic mass is 9.94. The Morgan fingerprint density at radius 2 is 0.675 bits per heavy atom. The molecule has 0 rings (SSSR count). The second-order valence-electron chi connectivity index (χ2n) is 13.1. The third kappa shape index (κ3) is 32.0. The summed E-state index contributed by atoms with van der Waals surface area (Å²) in [5, 5.41) is 0. The lowest BCUT2D eigenvalue weighted by Gasteiger charge is -2.17. The fourth-order valence-electron chi connectivity index (χ4n) is 6.01. The minimum Gasteiger partial charge on any atom is -0.465 e. The zero-order valence-electron chi connectivity index (χ0n) is 28.2. The standard InChI is InChI=1S/C38H76O2/c1-4-7-10-13-16-19-21-23-26-29-32-35-38(39)40-36-37(33-30-27-24-18-15-12-9-6-3)34-31-28-25-22-20-17-14-11-8-5-2/h37H,4-36H2,1-3H3. The monoisotopic (exact) mass is 565 g/mol. The van der Waals surface area contributed by atoms with E-state index in [4.69, 9.17) is 4.74 Å². The van der Waals surface area contributed by atoms with E-state index in [1.54, 1.807) is 0 Å². The number of rotatable bonds is 34. The van der Waals surface area contributed by atoms with Gasteiger partial charge in [0.2, 0.25) is 0 Å². The van der Waals surface area contributed by atoms with Crippen LogP contribution in [-0.4, -0.2) is 12.6 Å². The summed E-state index contributed by atoms with van der Waals surface area (Å²) in [5.74, 6) is 0.635. The van der Waals surface area contributed by atoms with Crippen LogP contribution in [0, 0.1) is 5.92 Å². The van der Waals surface area contributed by atoms with E-state index >= 15 is 0 Å². The third-order valence-corrected chi connectivity index (χ3v) is 8.90. The van der Waals surface area contributed by atoms with Crippen LogP contribution in [-0.2, 0) is 9.53 Å². The normalized spacial score (nSPS) is 12.2. The number of hydrogen-bond donors (Lipinski definition) is 0. The summed E-state index contributed by atoms with van der Waals surface area (Å²) in [5.41, 5.74) is 0. The highest BCUT2D eigenvalue weighted by Crippen LogP contribution is 2.21. The molecule has 0 fully saturated rings. The molecule has 0 aliphatic rings. The molecule has 0 amide bonds. The molecule has 0 aliphatic heterocycles. The highest BCUT2D eigenvalue weighted by molar-refractivity contribution is 5.69. The Balaban J connectivity index is 3.98. The van der Waals surface area contributed by atoms with Crippen molar-refractivity contribution in [2.24, 2.45) is 5.92 Å². The molecule has 0 aromatic carbocycles. The molecule has 0 N–H and O–H groups in total. The highest BCUT2D eigenvalue weighted by Gasteiger charge is 2.12. The fourth-order valence-corrected chi connectivity index (χ4v) is 6.01. The smallest absolute Gasteiger partial charge is 0.305 e. The van der Waals surface area contributed by atoms with Crippen molar-refractivity contribution in [2.75, 3.05) is 6.61 Å². The van der Waals surface area contributed by atoms with Gasteiger partial charge in [0.05, 0.1) is 6.61 Å². The fraction of sp³-hybridized carbons (Fsp3) is 0.974. The van der Waals surface area contributed by atoms with Crippen molar-refractivity contribution in [3.8, 4) is 0 Å². The molecule has 240 valence electrons. The molecular formula is C38H76O2. The molecule has 2 nitrogen and oxygen atoms in total. The predicted octanol–water partition coefficient (Wildman–Crippen LogP) is 13.7. The van der Waals surface area contributed by atoms with Gasteiger partial charge in [-0.05, 0) is 25.2 Å². The lowest BCUT2D eigenvalue weighted by Crippen LogP contribution is -2.14. The van der Waals surface area contributed by atoms with Gasteiger partial charge in [-0.2, -0.15) is 0 Å². The molecule has 0 heterocycles. The van der Waals surface area contributed by atoms with Crippen LogP contribution in [0.3, 0.4) is 0 Å². The van der Waals surface area contributed by atoms with Gasteiger partial charge < -0.3 is 4.74 Å². The first kappa shape index (κ1) is 39.5. The summed E-state index contributed by atoms with van der Waals surface area (Å²) < 4.78 is 5.82. The number of ether oxygens (including phenoxy) is 1. The highest BCUT2D eigenvalue weighted by atomic mass is 16.5. The SMILES string of the molecule is CCCCCCCCCCCCCC(=O)OCC(CCCCCCCCCC)CCCCCCCCCCCC. The molecular weight excluding hydrogens is 488 g/mol. The largest absolute Gasteiger partial charge is 0.465 e. The molecule has 2 heteroatoms. The number of unbranched alkanes of at least 4 members (excludes halogenated alkanes) is 26. The van der Waals surface area contributed by atoms with Gasteiger partial charge in [0.15, 0.2) is 0 Å². The van der Waals surface area contributed by atoms with E-state index in [1.165, 1.54) is 193 Å². The molecule has 0 saturated heterocycles.